The van der Waals surface area contributed by atoms with Gasteiger partial charge in [-0.15, -0.1) is 22.7 Å². The van der Waals surface area contributed by atoms with Crippen molar-refractivity contribution in [3.8, 4) is 0 Å². The molecule has 1 heterocycles. The Hall–Kier alpha value is -0.850. The number of hydrogen-bond acceptors (Lipinski definition) is 5. The van der Waals surface area contributed by atoms with Crippen molar-refractivity contribution in [2.24, 2.45) is 0 Å². The van der Waals surface area contributed by atoms with Crippen molar-refractivity contribution in [2.45, 2.75) is 0 Å². The van der Waals surface area contributed by atoms with Crippen molar-refractivity contribution >= 4 is 50.0 Å². The molecule has 0 unspecified atom stereocenters. The molecular weight excluding hydrogens is 226 g/mol. The zero-order valence-electron chi connectivity index (χ0n) is 6.22. The first-order chi connectivity index (χ1) is 6.18. The molecular formula is C7H3NO2S3. The maximum absolute atomic E-state index is 10.6. The molecule has 0 bridgehead atoms. The number of rotatable bonds is 1. The predicted molar refractivity (Wildman–Crippen MR) is 57.2 cm³/mol. The summed E-state index contributed by atoms with van der Waals surface area (Å²) in [6.07, 6.45) is 0. The van der Waals surface area contributed by atoms with Gasteiger partial charge in [-0.2, -0.15) is 0 Å². The first-order valence-corrected chi connectivity index (χ1v) is 5.39. The molecule has 0 radical (unpaired) electrons. The number of fused-ring (bicyclic) bond motifs is 1. The summed E-state index contributed by atoms with van der Waals surface area (Å²) in [6.45, 7) is 0. The van der Waals surface area contributed by atoms with E-state index in [2.05, 4.69) is 0 Å². The van der Waals surface area contributed by atoms with Gasteiger partial charge in [0, 0.05) is 6.07 Å². The average molecular weight is 229 g/mol. The van der Waals surface area contributed by atoms with Gasteiger partial charge in [-0.3, -0.25) is 10.1 Å². The van der Waals surface area contributed by atoms with Crippen LogP contribution >= 0.6 is 34.9 Å². The number of nitro benzene ring substituents is 1. The summed E-state index contributed by atoms with van der Waals surface area (Å²) in [5, 5.41) is 10.6. The van der Waals surface area contributed by atoms with E-state index < -0.39 is 0 Å². The van der Waals surface area contributed by atoms with Crippen LogP contribution in [0.4, 0.5) is 5.69 Å². The summed E-state index contributed by atoms with van der Waals surface area (Å²) in [4.78, 5) is 10.2. The van der Waals surface area contributed by atoms with Crippen LogP contribution in [0.2, 0.25) is 0 Å². The molecule has 0 saturated carbocycles. The number of nitro groups is 1. The Morgan fingerprint density at radius 1 is 1.38 bits per heavy atom. The van der Waals surface area contributed by atoms with Crippen LogP contribution in [0, 0.1) is 13.3 Å². The van der Waals surface area contributed by atoms with Crippen LogP contribution < -0.4 is 0 Å². The van der Waals surface area contributed by atoms with Crippen LogP contribution in [0.5, 0.6) is 0 Å². The number of benzene rings is 1. The third-order valence-electron chi connectivity index (χ3n) is 1.53. The molecule has 0 fully saturated rings. The lowest BCUT2D eigenvalue weighted by atomic mass is 10.3. The Kier molecular flexibility index (Phi) is 2.10. The molecule has 0 N–H and O–H groups in total. The van der Waals surface area contributed by atoms with Gasteiger partial charge in [-0.05, 0) is 6.07 Å². The van der Waals surface area contributed by atoms with E-state index in [4.69, 9.17) is 12.2 Å². The van der Waals surface area contributed by atoms with E-state index in [1.165, 1.54) is 28.7 Å². The first-order valence-electron chi connectivity index (χ1n) is 3.35. The summed E-state index contributed by atoms with van der Waals surface area (Å²) in [5.74, 6) is 0. The molecule has 13 heavy (non-hydrogen) atoms. The minimum atomic E-state index is -0.375. The second kappa shape index (κ2) is 3.13. The van der Waals surface area contributed by atoms with Gasteiger partial charge in [0.15, 0.2) is 0 Å². The zero-order valence-corrected chi connectivity index (χ0v) is 8.67. The standard InChI is InChI=1S/C7H3NO2S3/c9-8(10)4-2-1-3-5-6(4)13-7(11)12-5/h1-3H. The van der Waals surface area contributed by atoms with E-state index in [9.17, 15) is 10.1 Å². The number of nitrogens with zero attached hydrogens (tertiary/aromatic N) is 1. The highest BCUT2D eigenvalue weighted by Gasteiger charge is 2.12. The Bertz CT molecular complexity index is 528. The molecule has 1 aromatic heterocycles. The lowest BCUT2D eigenvalue weighted by Crippen LogP contribution is -1.86. The normalized spacial score (nSPS) is 10.5. The van der Waals surface area contributed by atoms with Crippen LogP contribution in [0.15, 0.2) is 18.2 Å². The van der Waals surface area contributed by atoms with Crippen LogP contribution in [0.3, 0.4) is 0 Å². The van der Waals surface area contributed by atoms with Gasteiger partial charge in [0.2, 0.25) is 0 Å². The largest absolute Gasteiger partial charge is 0.287 e. The summed E-state index contributed by atoms with van der Waals surface area (Å²) in [7, 11) is 0. The minimum absolute atomic E-state index is 0.148. The topological polar surface area (TPSA) is 43.1 Å². The molecule has 0 atom stereocenters. The second-order valence-corrected chi connectivity index (χ2v) is 5.57. The molecule has 2 aromatic rings. The smallest absolute Gasteiger partial charge is 0.258 e. The van der Waals surface area contributed by atoms with E-state index in [0.29, 0.717) is 4.70 Å². The molecule has 6 heteroatoms. The molecule has 0 aliphatic heterocycles. The van der Waals surface area contributed by atoms with Crippen LogP contribution in [0.1, 0.15) is 0 Å². The highest BCUT2D eigenvalue weighted by Crippen LogP contribution is 2.34. The van der Waals surface area contributed by atoms with Gasteiger partial charge in [0.1, 0.15) is 7.84 Å². The molecule has 2 rings (SSSR count). The molecule has 1 aromatic carbocycles. The SMILES string of the molecule is O=[N+]([O-])c1cccc2sc(=S)sc12. The van der Waals surface area contributed by atoms with E-state index in [1.54, 1.807) is 6.07 Å². The van der Waals surface area contributed by atoms with Gasteiger partial charge in [0.05, 0.1) is 9.62 Å². The van der Waals surface area contributed by atoms with Crippen LogP contribution in [0.25, 0.3) is 9.40 Å². The summed E-state index contributed by atoms with van der Waals surface area (Å²) >= 11 is 7.68. The molecule has 0 saturated heterocycles. The van der Waals surface area contributed by atoms with E-state index >= 15 is 0 Å². The van der Waals surface area contributed by atoms with Crippen LogP contribution in [-0.2, 0) is 0 Å². The van der Waals surface area contributed by atoms with Crippen LogP contribution in [-0.4, -0.2) is 4.92 Å². The predicted octanol–water partition coefficient (Wildman–Crippen LogP) is 3.60. The van der Waals surface area contributed by atoms with Crippen molar-refractivity contribution in [1.29, 1.82) is 0 Å². The fraction of sp³-hybridized carbons (Fsp3) is 0. The number of non-ortho nitro benzene ring substituents is 1. The van der Waals surface area contributed by atoms with E-state index in [-0.39, 0.29) is 10.6 Å². The summed E-state index contributed by atoms with van der Waals surface area (Å²) in [5.41, 5.74) is 0.148. The minimum Gasteiger partial charge on any atom is -0.258 e. The van der Waals surface area contributed by atoms with Crippen molar-refractivity contribution in [1.82, 2.24) is 0 Å². The Labute approximate surface area is 86.4 Å². The van der Waals surface area contributed by atoms with E-state index in [0.717, 1.165) is 7.84 Å². The Balaban J connectivity index is 2.90. The first kappa shape index (κ1) is 8.74. The van der Waals surface area contributed by atoms with Gasteiger partial charge >= 0.3 is 0 Å². The maximum Gasteiger partial charge on any atom is 0.287 e. The highest BCUT2D eigenvalue weighted by molar-refractivity contribution is 7.77. The fourth-order valence-corrected chi connectivity index (χ4v) is 3.59. The number of hydrogen-bond donors (Lipinski definition) is 0. The lowest BCUT2D eigenvalue weighted by molar-refractivity contribution is -0.382. The van der Waals surface area contributed by atoms with Gasteiger partial charge in [0.25, 0.3) is 5.69 Å². The molecule has 0 spiro atoms. The molecule has 0 aliphatic carbocycles. The molecule has 3 nitrogen and oxygen atoms in total. The van der Waals surface area contributed by atoms with E-state index in [1.807, 2.05) is 6.07 Å². The zero-order chi connectivity index (χ0) is 9.42. The average Bonchev–Trinajstić information content (AvgIpc) is 2.43. The van der Waals surface area contributed by atoms with Gasteiger partial charge in [-0.25, -0.2) is 0 Å². The van der Waals surface area contributed by atoms with Crippen molar-refractivity contribution in [3.63, 3.8) is 0 Å². The van der Waals surface area contributed by atoms with Gasteiger partial charge in [-0.1, -0.05) is 18.3 Å². The quantitative estimate of drug-likeness (QED) is 0.426. The van der Waals surface area contributed by atoms with Crippen molar-refractivity contribution in [2.75, 3.05) is 0 Å². The Morgan fingerprint density at radius 2 is 2.15 bits per heavy atom. The van der Waals surface area contributed by atoms with Crippen molar-refractivity contribution < 1.29 is 4.92 Å². The molecule has 66 valence electrons. The highest BCUT2D eigenvalue weighted by atomic mass is 32.2. The third kappa shape index (κ3) is 1.48. The third-order valence-corrected chi connectivity index (χ3v) is 4.19. The maximum atomic E-state index is 10.6. The lowest BCUT2D eigenvalue weighted by Gasteiger charge is -1.90. The molecule has 0 aliphatic rings. The summed E-state index contributed by atoms with van der Waals surface area (Å²) < 4.78 is 2.30. The second-order valence-electron chi connectivity index (χ2n) is 2.32. The summed E-state index contributed by atoms with van der Waals surface area (Å²) in [6, 6.07) is 5.03. The fourth-order valence-electron chi connectivity index (χ4n) is 1.02. The molecule has 0 amide bonds. The van der Waals surface area contributed by atoms with Gasteiger partial charge < -0.3 is 0 Å². The van der Waals surface area contributed by atoms with Crippen molar-refractivity contribution in [3.05, 3.63) is 31.5 Å². The Morgan fingerprint density at radius 3 is 2.85 bits per heavy atom. The monoisotopic (exact) mass is 229 g/mol.